The van der Waals surface area contributed by atoms with Gasteiger partial charge in [-0.05, 0) is 41.5 Å². The number of carbonyl (C=O) groups is 1. The SMILES string of the molecule is COC(=O)NN=C1CCc2cc(-c3cc(-n4c(=O)cc[nH]c4=O)cc(C(C)(C)C)c3OC)ccc21. The number of nitrogens with one attached hydrogen (secondary N) is 2. The molecular formula is C26H28N4O5. The van der Waals surface area contributed by atoms with Gasteiger partial charge in [0.15, 0.2) is 0 Å². The number of nitrogens with zero attached hydrogens (tertiary/aromatic N) is 2. The number of ether oxygens (including phenoxy) is 2. The number of H-pyrrole nitrogens is 1. The van der Waals surface area contributed by atoms with Gasteiger partial charge in [0.05, 0.1) is 25.6 Å². The molecule has 1 aliphatic rings. The molecule has 0 bridgehead atoms. The van der Waals surface area contributed by atoms with Crippen LogP contribution >= 0.6 is 0 Å². The van der Waals surface area contributed by atoms with Gasteiger partial charge in [0.2, 0.25) is 0 Å². The van der Waals surface area contributed by atoms with E-state index in [4.69, 9.17) is 4.74 Å². The van der Waals surface area contributed by atoms with Crippen molar-refractivity contribution < 1.29 is 14.3 Å². The van der Waals surface area contributed by atoms with Crippen LogP contribution in [0.25, 0.3) is 16.8 Å². The molecule has 0 saturated carbocycles. The van der Waals surface area contributed by atoms with Gasteiger partial charge in [-0.1, -0.05) is 39.0 Å². The predicted octanol–water partition coefficient (Wildman–Crippen LogP) is 3.51. The second kappa shape index (κ2) is 9.25. The van der Waals surface area contributed by atoms with Crippen LogP contribution in [0.1, 0.15) is 43.9 Å². The summed E-state index contributed by atoms with van der Waals surface area (Å²) in [5.74, 6) is 0.681. The van der Waals surface area contributed by atoms with Crippen LogP contribution in [0.15, 0.2) is 57.3 Å². The third-order valence-electron chi connectivity index (χ3n) is 6.03. The fraction of sp³-hybridized carbons (Fsp3) is 0.308. The molecule has 9 nitrogen and oxygen atoms in total. The maximum Gasteiger partial charge on any atom is 0.427 e. The van der Waals surface area contributed by atoms with Gasteiger partial charge in [0.25, 0.3) is 5.56 Å². The molecule has 9 heteroatoms. The van der Waals surface area contributed by atoms with Crippen molar-refractivity contribution in [2.45, 2.75) is 39.0 Å². The molecule has 1 amide bonds. The molecule has 35 heavy (non-hydrogen) atoms. The van der Waals surface area contributed by atoms with Crippen molar-refractivity contribution >= 4 is 11.8 Å². The molecule has 0 radical (unpaired) electrons. The highest BCUT2D eigenvalue weighted by Crippen LogP contribution is 2.42. The molecule has 2 aromatic carbocycles. The maximum absolute atomic E-state index is 12.6. The first-order valence-corrected chi connectivity index (χ1v) is 11.2. The van der Waals surface area contributed by atoms with E-state index in [1.54, 1.807) is 13.2 Å². The van der Waals surface area contributed by atoms with Crippen molar-refractivity contribution in [3.63, 3.8) is 0 Å². The van der Waals surface area contributed by atoms with E-state index >= 15 is 0 Å². The lowest BCUT2D eigenvalue weighted by Gasteiger charge is -2.25. The van der Waals surface area contributed by atoms with Crippen LogP contribution in [-0.4, -0.2) is 35.6 Å². The highest BCUT2D eigenvalue weighted by atomic mass is 16.5. The Balaban J connectivity index is 1.90. The van der Waals surface area contributed by atoms with Crippen molar-refractivity contribution in [3.05, 3.63) is 80.1 Å². The molecule has 0 atom stereocenters. The normalized spacial score (nSPS) is 14.0. The Morgan fingerprint density at radius 3 is 2.49 bits per heavy atom. The average molecular weight is 477 g/mol. The van der Waals surface area contributed by atoms with Gasteiger partial charge in [0, 0.05) is 29.0 Å². The number of fused-ring (bicyclic) bond motifs is 1. The first-order valence-electron chi connectivity index (χ1n) is 11.2. The number of benzene rings is 2. The molecule has 0 spiro atoms. The van der Waals surface area contributed by atoms with Crippen molar-refractivity contribution in [2.75, 3.05) is 14.2 Å². The summed E-state index contributed by atoms with van der Waals surface area (Å²) >= 11 is 0. The number of rotatable bonds is 4. The summed E-state index contributed by atoms with van der Waals surface area (Å²) in [5, 5.41) is 4.18. The molecule has 0 aliphatic heterocycles. The van der Waals surface area contributed by atoms with Crippen LogP contribution in [0, 0.1) is 0 Å². The number of amides is 1. The fourth-order valence-electron chi connectivity index (χ4n) is 4.31. The van der Waals surface area contributed by atoms with Crippen LogP contribution in [0.3, 0.4) is 0 Å². The Labute approximate surface area is 202 Å². The number of aryl methyl sites for hydroxylation is 1. The van der Waals surface area contributed by atoms with Crippen molar-refractivity contribution in [1.82, 2.24) is 15.0 Å². The molecular weight excluding hydrogens is 448 g/mol. The van der Waals surface area contributed by atoms with Crippen molar-refractivity contribution in [2.24, 2.45) is 5.10 Å². The summed E-state index contributed by atoms with van der Waals surface area (Å²) in [5.41, 5.74) is 6.91. The van der Waals surface area contributed by atoms with Crippen LogP contribution in [0.5, 0.6) is 5.75 Å². The number of hydrogen-bond acceptors (Lipinski definition) is 6. The Morgan fingerprint density at radius 1 is 1.06 bits per heavy atom. The fourth-order valence-corrected chi connectivity index (χ4v) is 4.31. The van der Waals surface area contributed by atoms with E-state index in [1.165, 1.54) is 19.4 Å². The molecule has 1 aromatic heterocycles. The highest BCUT2D eigenvalue weighted by Gasteiger charge is 2.26. The van der Waals surface area contributed by atoms with Gasteiger partial charge < -0.3 is 14.5 Å². The molecule has 2 N–H and O–H groups in total. The Morgan fingerprint density at radius 2 is 1.83 bits per heavy atom. The second-order valence-corrected chi connectivity index (χ2v) is 9.31. The summed E-state index contributed by atoms with van der Waals surface area (Å²) in [6.07, 6.45) is 2.16. The van der Waals surface area contributed by atoms with Gasteiger partial charge in [0.1, 0.15) is 5.75 Å². The molecule has 3 aromatic rings. The molecule has 0 unspecified atom stereocenters. The molecule has 1 aliphatic carbocycles. The quantitative estimate of drug-likeness (QED) is 0.560. The highest BCUT2D eigenvalue weighted by molar-refractivity contribution is 6.05. The van der Waals surface area contributed by atoms with Gasteiger partial charge in [-0.3, -0.25) is 4.79 Å². The van der Waals surface area contributed by atoms with E-state index in [-0.39, 0.29) is 5.41 Å². The first kappa shape index (κ1) is 24.0. The smallest absolute Gasteiger partial charge is 0.427 e. The number of hydrazone groups is 1. The van der Waals surface area contributed by atoms with Crippen molar-refractivity contribution in [3.8, 4) is 22.6 Å². The van der Waals surface area contributed by atoms with Crippen LogP contribution in [0.2, 0.25) is 0 Å². The molecule has 0 saturated heterocycles. The second-order valence-electron chi connectivity index (χ2n) is 9.31. The summed E-state index contributed by atoms with van der Waals surface area (Å²) in [6, 6.07) is 10.9. The third kappa shape index (κ3) is 4.62. The maximum atomic E-state index is 12.6. The van der Waals surface area contributed by atoms with E-state index in [1.807, 2.05) is 18.2 Å². The van der Waals surface area contributed by atoms with Gasteiger partial charge in [-0.2, -0.15) is 5.10 Å². The van der Waals surface area contributed by atoms with Crippen LogP contribution in [-0.2, 0) is 16.6 Å². The van der Waals surface area contributed by atoms with E-state index < -0.39 is 17.3 Å². The number of hydrogen-bond donors (Lipinski definition) is 2. The van der Waals surface area contributed by atoms with E-state index in [2.05, 4.69) is 47.1 Å². The lowest BCUT2D eigenvalue weighted by atomic mass is 9.83. The summed E-state index contributed by atoms with van der Waals surface area (Å²) in [4.78, 5) is 39.1. The van der Waals surface area contributed by atoms with Crippen LogP contribution < -0.4 is 21.4 Å². The van der Waals surface area contributed by atoms with E-state index in [9.17, 15) is 14.4 Å². The zero-order valence-corrected chi connectivity index (χ0v) is 20.4. The monoisotopic (exact) mass is 476 g/mol. The molecule has 4 rings (SSSR count). The Bertz CT molecular complexity index is 1420. The largest absolute Gasteiger partial charge is 0.496 e. The van der Waals surface area contributed by atoms with E-state index in [0.29, 0.717) is 17.9 Å². The minimum Gasteiger partial charge on any atom is -0.496 e. The summed E-state index contributed by atoms with van der Waals surface area (Å²) < 4.78 is 11.6. The van der Waals surface area contributed by atoms with Gasteiger partial charge in [-0.25, -0.2) is 19.6 Å². The Kier molecular flexibility index (Phi) is 6.34. The minimum absolute atomic E-state index is 0.322. The number of aromatic amines is 1. The summed E-state index contributed by atoms with van der Waals surface area (Å²) in [6.45, 7) is 6.16. The predicted molar refractivity (Wildman–Crippen MR) is 134 cm³/mol. The molecule has 1 heterocycles. The lowest BCUT2D eigenvalue weighted by molar-refractivity contribution is 0.171. The standard InChI is InChI=1S/C26H28N4O5/c1-26(2,3)20-14-17(30-22(31)10-11-27-24(30)32)13-19(23(20)34-4)16-6-8-18-15(12-16)7-9-21(18)28-29-25(33)35-5/h6,8,10-14H,7,9H2,1-5H3,(H,27,32)(H,29,33). The topological polar surface area (TPSA) is 115 Å². The zero-order valence-electron chi connectivity index (χ0n) is 20.4. The molecule has 0 fully saturated rings. The third-order valence-corrected chi connectivity index (χ3v) is 6.03. The van der Waals surface area contributed by atoms with Crippen LogP contribution in [0.4, 0.5) is 4.79 Å². The first-order chi connectivity index (χ1) is 16.6. The lowest BCUT2D eigenvalue weighted by Crippen LogP contribution is -2.32. The zero-order chi connectivity index (χ0) is 25.3. The number of methoxy groups -OCH3 is 2. The van der Waals surface area contributed by atoms with Crippen molar-refractivity contribution in [1.29, 1.82) is 0 Å². The Hall–Kier alpha value is -4.14. The number of carbonyl (C=O) groups excluding carboxylic acids is 1. The summed E-state index contributed by atoms with van der Waals surface area (Å²) in [7, 11) is 2.90. The molecule has 182 valence electrons. The minimum atomic E-state index is -0.620. The van der Waals surface area contributed by atoms with Gasteiger partial charge in [-0.15, -0.1) is 0 Å². The number of aromatic nitrogens is 2. The van der Waals surface area contributed by atoms with Gasteiger partial charge >= 0.3 is 11.8 Å². The average Bonchev–Trinajstić information content (AvgIpc) is 3.23. The van der Waals surface area contributed by atoms with E-state index in [0.717, 1.165) is 44.5 Å².